The Balaban J connectivity index is 1.56. The van der Waals surface area contributed by atoms with E-state index in [1.54, 1.807) is 42.5 Å². The maximum atomic E-state index is 12.0. The van der Waals surface area contributed by atoms with Gasteiger partial charge >= 0.3 is 0 Å². The van der Waals surface area contributed by atoms with Crippen molar-refractivity contribution < 1.29 is 9.53 Å². The average Bonchev–Trinajstić information content (AvgIpc) is 3.09. The van der Waals surface area contributed by atoms with Gasteiger partial charge in [0.05, 0.1) is 10.7 Å². The van der Waals surface area contributed by atoms with Crippen LogP contribution in [0.15, 0.2) is 53.3 Å². The fourth-order valence-corrected chi connectivity index (χ4v) is 2.64. The SMILES string of the molecule is O=C(COc1ccc(Br)cc1Cl)Nc1ccc(-n2cnnn2)cc1. The number of halogens is 2. The number of anilines is 1. The van der Waals surface area contributed by atoms with Crippen molar-refractivity contribution in [2.45, 2.75) is 0 Å². The van der Waals surface area contributed by atoms with E-state index in [4.69, 9.17) is 16.3 Å². The van der Waals surface area contributed by atoms with Gasteiger partial charge in [0.2, 0.25) is 0 Å². The molecule has 2 aromatic carbocycles. The van der Waals surface area contributed by atoms with E-state index in [0.29, 0.717) is 16.5 Å². The van der Waals surface area contributed by atoms with Gasteiger partial charge in [0, 0.05) is 10.2 Å². The molecule has 9 heteroatoms. The molecule has 0 atom stereocenters. The molecule has 0 aliphatic rings. The molecule has 24 heavy (non-hydrogen) atoms. The van der Waals surface area contributed by atoms with E-state index in [0.717, 1.165) is 10.2 Å². The molecule has 0 bridgehead atoms. The van der Waals surface area contributed by atoms with E-state index < -0.39 is 0 Å². The Kier molecular flexibility index (Phi) is 5.07. The lowest BCUT2D eigenvalue weighted by atomic mass is 10.3. The van der Waals surface area contributed by atoms with Crippen molar-refractivity contribution >= 4 is 39.1 Å². The Labute approximate surface area is 150 Å². The van der Waals surface area contributed by atoms with Gasteiger partial charge in [0.25, 0.3) is 5.91 Å². The third kappa shape index (κ3) is 4.09. The van der Waals surface area contributed by atoms with Gasteiger partial charge in [0.1, 0.15) is 12.1 Å². The summed E-state index contributed by atoms with van der Waals surface area (Å²) in [7, 11) is 0. The van der Waals surface area contributed by atoms with Crippen LogP contribution in [0.25, 0.3) is 5.69 Å². The Bertz CT molecular complexity index is 840. The van der Waals surface area contributed by atoms with Crippen LogP contribution in [-0.2, 0) is 4.79 Å². The predicted octanol–water partition coefficient (Wildman–Crippen LogP) is 3.10. The number of carbonyl (C=O) groups excluding carboxylic acids is 1. The number of tetrazole rings is 1. The van der Waals surface area contributed by atoms with Gasteiger partial charge in [-0.3, -0.25) is 4.79 Å². The zero-order valence-corrected chi connectivity index (χ0v) is 14.5. The zero-order chi connectivity index (χ0) is 16.9. The lowest BCUT2D eigenvalue weighted by Gasteiger charge is -2.09. The average molecular weight is 409 g/mol. The minimum atomic E-state index is -0.288. The van der Waals surface area contributed by atoms with Crippen molar-refractivity contribution in [2.24, 2.45) is 0 Å². The first-order chi connectivity index (χ1) is 11.6. The Morgan fingerprint density at radius 2 is 2.04 bits per heavy atom. The van der Waals surface area contributed by atoms with Crippen LogP contribution in [0, 0.1) is 0 Å². The van der Waals surface area contributed by atoms with Crippen LogP contribution < -0.4 is 10.1 Å². The summed E-state index contributed by atoms with van der Waals surface area (Å²) in [5.74, 6) is 0.160. The first kappa shape index (κ1) is 16.4. The van der Waals surface area contributed by atoms with E-state index in [9.17, 15) is 4.79 Å². The molecule has 1 aromatic heterocycles. The molecule has 0 aliphatic heterocycles. The molecule has 1 N–H and O–H groups in total. The molecule has 0 unspecified atom stereocenters. The van der Waals surface area contributed by atoms with Gasteiger partial charge in [-0.1, -0.05) is 27.5 Å². The molecule has 1 amide bonds. The smallest absolute Gasteiger partial charge is 0.262 e. The molecule has 3 rings (SSSR count). The van der Waals surface area contributed by atoms with Gasteiger partial charge in [-0.2, -0.15) is 0 Å². The molecule has 0 radical (unpaired) electrons. The minimum Gasteiger partial charge on any atom is -0.482 e. The van der Waals surface area contributed by atoms with Crippen LogP contribution in [-0.4, -0.2) is 32.7 Å². The number of benzene rings is 2. The molecule has 122 valence electrons. The number of rotatable bonds is 5. The summed E-state index contributed by atoms with van der Waals surface area (Å²) in [6, 6.07) is 12.3. The topological polar surface area (TPSA) is 81.9 Å². The number of amides is 1. The molecule has 1 heterocycles. The third-order valence-corrected chi connectivity index (χ3v) is 3.81. The first-order valence-corrected chi connectivity index (χ1v) is 8.00. The van der Waals surface area contributed by atoms with Crippen molar-refractivity contribution in [3.05, 3.63) is 58.3 Å². The number of hydrogen-bond donors (Lipinski definition) is 1. The van der Waals surface area contributed by atoms with Crippen molar-refractivity contribution in [3.8, 4) is 11.4 Å². The van der Waals surface area contributed by atoms with Crippen LogP contribution in [0.4, 0.5) is 5.69 Å². The number of ether oxygens (including phenoxy) is 1. The standard InChI is InChI=1S/C15H11BrClN5O2/c16-10-1-6-14(13(17)7-10)24-8-15(23)19-11-2-4-12(5-3-11)22-9-18-20-21-22/h1-7,9H,8H2,(H,19,23). The molecule has 7 nitrogen and oxygen atoms in total. The van der Waals surface area contributed by atoms with Gasteiger partial charge in [-0.05, 0) is 52.9 Å². The highest BCUT2D eigenvalue weighted by Gasteiger charge is 2.07. The fraction of sp³-hybridized carbons (Fsp3) is 0.0667. The van der Waals surface area contributed by atoms with Crippen LogP contribution in [0.5, 0.6) is 5.75 Å². The second-order valence-electron chi connectivity index (χ2n) is 4.71. The van der Waals surface area contributed by atoms with Gasteiger partial charge in [-0.25, -0.2) is 4.68 Å². The predicted molar refractivity (Wildman–Crippen MR) is 92.4 cm³/mol. The largest absolute Gasteiger partial charge is 0.482 e. The van der Waals surface area contributed by atoms with E-state index >= 15 is 0 Å². The second kappa shape index (κ2) is 7.41. The van der Waals surface area contributed by atoms with Crippen molar-refractivity contribution in [1.82, 2.24) is 20.2 Å². The Morgan fingerprint density at radius 3 is 2.71 bits per heavy atom. The van der Waals surface area contributed by atoms with Crippen molar-refractivity contribution in [1.29, 1.82) is 0 Å². The summed E-state index contributed by atoms with van der Waals surface area (Å²) in [5.41, 5.74) is 1.43. The Hall–Kier alpha value is -2.45. The highest BCUT2D eigenvalue weighted by atomic mass is 79.9. The molecule has 0 saturated carbocycles. The number of aromatic nitrogens is 4. The zero-order valence-electron chi connectivity index (χ0n) is 12.2. The monoisotopic (exact) mass is 407 g/mol. The van der Waals surface area contributed by atoms with Crippen molar-refractivity contribution in [2.75, 3.05) is 11.9 Å². The fourth-order valence-electron chi connectivity index (χ4n) is 1.91. The van der Waals surface area contributed by atoms with Crippen molar-refractivity contribution in [3.63, 3.8) is 0 Å². The van der Waals surface area contributed by atoms with E-state index in [2.05, 4.69) is 36.8 Å². The Morgan fingerprint density at radius 1 is 1.25 bits per heavy atom. The highest BCUT2D eigenvalue weighted by molar-refractivity contribution is 9.10. The summed E-state index contributed by atoms with van der Waals surface area (Å²) >= 11 is 9.34. The van der Waals surface area contributed by atoms with Gasteiger partial charge in [-0.15, -0.1) is 5.10 Å². The van der Waals surface area contributed by atoms with Crippen LogP contribution in [0.2, 0.25) is 5.02 Å². The first-order valence-electron chi connectivity index (χ1n) is 6.83. The lowest BCUT2D eigenvalue weighted by Crippen LogP contribution is -2.20. The quantitative estimate of drug-likeness (QED) is 0.701. The summed E-state index contributed by atoms with van der Waals surface area (Å²) in [6.07, 6.45) is 1.49. The molecular weight excluding hydrogens is 398 g/mol. The summed E-state index contributed by atoms with van der Waals surface area (Å²) in [4.78, 5) is 12.0. The van der Waals surface area contributed by atoms with Gasteiger partial charge < -0.3 is 10.1 Å². The number of nitrogens with zero attached hydrogens (tertiary/aromatic N) is 4. The number of hydrogen-bond acceptors (Lipinski definition) is 5. The molecule has 3 aromatic rings. The molecular formula is C15H11BrClN5O2. The maximum absolute atomic E-state index is 12.0. The maximum Gasteiger partial charge on any atom is 0.262 e. The summed E-state index contributed by atoms with van der Waals surface area (Å²) in [6.45, 7) is -0.143. The van der Waals surface area contributed by atoms with Crippen LogP contribution in [0.1, 0.15) is 0 Å². The van der Waals surface area contributed by atoms with E-state index in [1.165, 1.54) is 11.0 Å². The molecule has 0 spiro atoms. The van der Waals surface area contributed by atoms with Gasteiger partial charge in [0.15, 0.2) is 6.61 Å². The normalized spacial score (nSPS) is 10.4. The van der Waals surface area contributed by atoms with E-state index in [1.807, 2.05) is 0 Å². The molecule has 0 fully saturated rings. The molecule has 0 aliphatic carbocycles. The van der Waals surface area contributed by atoms with Crippen LogP contribution in [0.3, 0.4) is 0 Å². The third-order valence-electron chi connectivity index (χ3n) is 3.02. The summed E-state index contributed by atoms with van der Waals surface area (Å²) in [5, 5.41) is 14.1. The second-order valence-corrected chi connectivity index (χ2v) is 6.04. The lowest BCUT2D eigenvalue weighted by molar-refractivity contribution is -0.118. The molecule has 0 saturated heterocycles. The minimum absolute atomic E-state index is 0.143. The van der Waals surface area contributed by atoms with Crippen LogP contribution >= 0.6 is 27.5 Å². The van der Waals surface area contributed by atoms with E-state index in [-0.39, 0.29) is 12.5 Å². The highest BCUT2D eigenvalue weighted by Crippen LogP contribution is 2.27. The number of carbonyl (C=O) groups is 1. The number of nitrogens with one attached hydrogen (secondary N) is 1. The summed E-state index contributed by atoms with van der Waals surface area (Å²) < 4.78 is 7.77.